The van der Waals surface area contributed by atoms with Crippen LogP contribution in [0.15, 0.2) is 33.7 Å². The topological polar surface area (TPSA) is 76.0 Å². The first kappa shape index (κ1) is 9.85. The van der Waals surface area contributed by atoms with Crippen molar-refractivity contribution in [1.82, 2.24) is 4.98 Å². The van der Waals surface area contributed by atoms with Crippen molar-refractivity contribution in [3.63, 3.8) is 0 Å². The highest BCUT2D eigenvalue weighted by Crippen LogP contribution is 2.21. The van der Waals surface area contributed by atoms with Gasteiger partial charge in [-0.1, -0.05) is 6.07 Å². The summed E-state index contributed by atoms with van der Waals surface area (Å²) in [6.07, 6.45) is 1.40. The van der Waals surface area contributed by atoms with Crippen molar-refractivity contribution in [2.75, 3.05) is 0 Å². The minimum Gasteiger partial charge on any atom is -0.354 e. The lowest BCUT2D eigenvalue weighted by Crippen LogP contribution is -2.04. The molecule has 0 aliphatic carbocycles. The summed E-state index contributed by atoms with van der Waals surface area (Å²) >= 11 is 3.06. The molecule has 15 heavy (non-hydrogen) atoms. The molecule has 0 atom stereocenters. The van der Waals surface area contributed by atoms with Crippen LogP contribution in [0.1, 0.15) is 0 Å². The molecule has 0 saturated carbocycles. The molecule has 0 fully saturated rings. The summed E-state index contributed by atoms with van der Waals surface area (Å²) in [5.41, 5.74) is -0.111. The smallest absolute Gasteiger partial charge is 0.293 e. The summed E-state index contributed by atoms with van der Waals surface area (Å²) in [5.74, 6) is 0. The summed E-state index contributed by atoms with van der Waals surface area (Å²) in [5, 5.41) is 11.0. The minimum atomic E-state index is -0.522. The zero-order chi connectivity index (χ0) is 11.0. The average Bonchev–Trinajstić information content (AvgIpc) is 2.23. The van der Waals surface area contributed by atoms with Crippen LogP contribution in [0.25, 0.3) is 10.9 Å². The third-order valence-corrected chi connectivity index (χ3v) is 2.63. The van der Waals surface area contributed by atoms with E-state index in [9.17, 15) is 14.9 Å². The highest BCUT2D eigenvalue weighted by Gasteiger charge is 2.13. The molecule has 1 N–H and O–H groups in total. The lowest BCUT2D eigenvalue weighted by Gasteiger charge is -1.99. The SMILES string of the molecule is O=c1c(Br)c[nH]c2c([N+](=O)[O-])cccc12. The van der Waals surface area contributed by atoms with Gasteiger partial charge in [-0.15, -0.1) is 0 Å². The molecule has 0 aliphatic heterocycles. The summed E-state index contributed by atoms with van der Waals surface area (Å²) in [4.78, 5) is 24.5. The van der Waals surface area contributed by atoms with Gasteiger partial charge in [-0.25, -0.2) is 0 Å². The van der Waals surface area contributed by atoms with Gasteiger partial charge in [0.15, 0.2) is 0 Å². The first-order valence-electron chi connectivity index (χ1n) is 4.05. The third-order valence-electron chi connectivity index (χ3n) is 2.04. The van der Waals surface area contributed by atoms with E-state index in [1.54, 1.807) is 6.07 Å². The van der Waals surface area contributed by atoms with Crippen LogP contribution in [0.5, 0.6) is 0 Å². The van der Waals surface area contributed by atoms with E-state index in [0.717, 1.165) is 0 Å². The maximum Gasteiger partial charge on any atom is 0.293 e. The number of pyridine rings is 1. The zero-order valence-corrected chi connectivity index (χ0v) is 8.95. The molecule has 0 saturated heterocycles. The molecule has 0 bridgehead atoms. The number of hydrogen-bond acceptors (Lipinski definition) is 3. The second-order valence-electron chi connectivity index (χ2n) is 2.92. The predicted molar refractivity (Wildman–Crippen MR) is 58.9 cm³/mol. The molecule has 0 spiro atoms. The Bertz CT molecular complexity index is 606. The minimum absolute atomic E-state index is 0.0999. The number of nitro groups is 1. The van der Waals surface area contributed by atoms with Crippen molar-refractivity contribution in [1.29, 1.82) is 0 Å². The van der Waals surface area contributed by atoms with Gasteiger partial charge in [-0.2, -0.15) is 0 Å². The number of hydrogen-bond donors (Lipinski definition) is 1. The molecule has 1 heterocycles. The van der Waals surface area contributed by atoms with Crippen LogP contribution in [-0.4, -0.2) is 9.91 Å². The number of aromatic nitrogens is 1. The number of benzene rings is 1. The van der Waals surface area contributed by atoms with Crippen LogP contribution in [0.3, 0.4) is 0 Å². The van der Waals surface area contributed by atoms with Crippen molar-refractivity contribution in [2.45, 2.75) is 0 Å². The monoisotopic (exact) mass is 268 g/mol. The van der Waals surface area contributed by atoms with Gasteiger partial charge in [0.2, 0.25) is 5.43 Å². The maximum atomic E-state index is 11.6. The molecule has 5 nitrogen and oxygen atoms in total. The van der Waals surface area contributed by atoms with Gasteiger partial charge in [0.1, 0.15) is 5.52 Å². The maximum absolute atomic E-state index is 11.6. The Morgan fingerprint density at radius 2 is 2.13 bits per heavy atom. The van der Waals surface area contributed by atoms with Crippen molar-refractivity contribution >= 4 is 32.5 Å². The van der Waals surface area contributed by atoms with E-state index in [0.29, 0.717) is 9.86 Å². The zero-order valence-electron chi connectivity index (χ0n) is 7.36. The first-order valence-corrected chi connectivity index (χ1v) is 4.85. The van der Waals surface area contributed by atoms with Gasteiger partial charge in [0, 0.05) is 12.3 Å². The molecule has 0 amide bonds. The number of halogens is 1. The van der Waals surface area contributed by atoms with Crippen LogP contribution in [0.2, 0.25) is 0 Å². The van der Waals surface area contributed by atoms with E-state index >= 15 is 0 Å². The number of nitro benzene ring substituents is 1. The van der Waals surface area contributed by atoms with Crippen LogP contribution in [0, 0.1) is 10.1 Å². The fourth-order valence-corrected chi connectivity index (χ4v) is 1.69. The van der Waals surface area contributed by atoms with E-state index in [4.69, 9.17) is 0 Å². The van der Waals surface area contributed by atoms with Gasteiger partial charge in [-0.05, 0) is 22.0 Å². The second kappa shape index (κ2) is 3.47. The molecular weight excluding hydrogens is 264 g/mol. The number of H-pyrrole nitrogens is 1. The number of para-hydroxylation sites is 1. The second-order valence-corrected chi connectivity index (χ2v) is 3.78. The fourth-order valence-electron chi connectivity index (χ4n) is 1.36. The van der Waals surface area contributed by atoms with Crippen molar-refractivity contribution in [3.8, 4) is 0 Å². The highest BCUT2D eigenvalue weighted by atomic mass is 79.9. The van der Waals surface area contributed by atoms with Gasteiger partial charge in [0.25, 0.3) is 5.69 Å². The van der Waals surface area contributed by atoms with Crippen molar-refractivity contribution < 1.29 is 4.92 Å². The van der Waals surface area contributed by atoms with Crippen LogP contribution in [0.4, 0.5) is 5.69 Å². The number of non-ortho nitro benzene ring substituents is 1. The van der Waals surface area contributed by atoms with Gasteiger partial charge >= 0.3 is 0 Å². The Hall–Kier alpha value is -1.69. The lowest BCUT2D eigenvalue weighted by atomic mass is 10.2. The number of aromatic amines is 1. The van der Waals surface area contributed by atoms with E-state index < -0.39 is 4.92 Å². The molecule has 1 aromatic carbocycles. The van der Waals surface area contributed by atoms with Gasteiger partial charge in [-0.3, -0.25) is 14.9 Å². The Balaban J connectivity index is 2.96. The van der Waals surface area contributed by atoms with Crippen molar-refractivity contribution in [2.24, 2.45) is 0 Å². The predicted octanol–water partition coefficient (Wildman–Crippen LogP) is 2.20. The molecule has 2 aromatic rings. The fraction of sp³-hybridized carbons (Fsp3) is 0. The lowest BCUT2D eigenvalue weighted by molar-refractivity contribution is -0.383. The molecule has 0 aliphatic rings. The Morgan fingerprint density at radius 3 is 2.80 bits per heavy atom. The Morgan fingerprint density at radius 1 is 1.40 bits per heavy atom. The summed E-state index contributed by atoms with van der Waals surface area (Å²) in [6.45, 7) is 0. The van der Waals surface area contributed by atoms with Crippen LogP contribution >= 0.6 is 15.9 Å². The number of fused-ring (bicyclic) bond motifs is 1. The van der Waals surface area contributed by atoms with Gasteiger partial charge in [0.05, 0.1) is 14.8 Å². The third kappa shape index (κ3) is 1.52. The molecule has 0 unspecified atom stereocenters. The quantitative estimate of drug-likeness (QED) is 0.636. The molecular formula is C9H5BrN2O3. The van der Waals surface area contributed by atoms with E-state index in [1.165, 1.54) is 18.3 Å². The van der Waals surface area contributed by atoms with Crippen LogP contribution in [-0.2, 0) is 0 Å². The van der Waals surface area contributed by atoms with E-state index in [2.05, 4.69) is 20.9 Å². The summed E-state index contributed by atoms with van der Waals surface area (Å²) in [7, 11) is 0. The van der Waals surface area contributed by atoms with Crippen LogP contribution < -0.4 is 5.43 Å². The molecule has 6 heteroatoms. The normalized spacial score (nSPS) is 10.5. The largest absolute Gasteiger partial charge is 0.354 e. The number of rotatable bonds is 1. The van der Waals surface area contributed by atoms with E-state index in [-0.39, 0.29) is 16.6 Å². The highest BCUT2D eigenvalue weighted by molar-refractivity contribution is 9.10. The average molecular weight is 269 g/mol. The van der Waals surface area contributed by atoms with E-state index in [1.807, 2.05) is 0 Å². The summed E-state index contributed by atoms with van der Waals surface area (Å²) in [6, 6.07) is 4.39. The molecule has 76 valence electrons. The number of nitrogens with one attached hydrogen (secondary N) is 1. The molecule has 2 rings (SSSR count). The summed E-state index contributed by atoms with van der Waals surface area (Å²) < 4.78 is 0.357. The Kier molecular flexibility index (Phi) is 2.28. The number of nitrogens with zero attached hydrogens (tertiary/aromatic N) is 1. The molecule has 1 aromatic heterocycles. The Labute approximate surface area is 92.0 Å². The first-order chi connectivity index (χ1) is 7.11. The standard InChI is InChI=1S/C9H5BrN2O3/c10-6-4-11-8-5(9(6)13)2-1-3-7(8)12(14)15/h1-4H,(H,11,13). The molecule has 0 radical (unpaired) electrons. The van der Waals surface area contributed by atoms with Gasteiger partial charge < -0.3 is 4.98 Å². The van der Waals surface area contributed by atoms with Crippen molar-refractivity contribution in [3.05, 3.63) is 49.2 Å².